The predicted octanol–water partition coefficient (Wildman–Crippen LogP) is 2.31. The van der Waals surface area contributed by atoms with Gasteiger partial charge in [-0.1, -0.05) is 48.5 Å². The molecule has 0 unspecified atom stereocenters. The first kappa shape index (κ1) is 20.1. The summed E-state index contributed by atoms with van der Waals surface area (Å²) >= 11 is 0. The number of benzene rings is 2. The van der Waals surface area contributed by atoms with E-state index in [1.807, 2.05) is 48.5 Å². The lowest BCUT2D eigenvalue weighted by Crippen LogP contribution is -2.49. The molecule has 0 radical (unpaired) electrons. The highest BCUT2D eigenvalue weighted by Gasteiger charge is 2.49. The average molecular weight is 406 g/mol. The van der Waals surface area contributed by atoms with E-state index in [0.29, 0.717) is 18.7 Å². The maximum atomic E-state index is 13.0. The van der Waals surface area contributed by atoms with E-state index < -0.39 is 5.54 Å². The molecular weight excluding hydrogens is 380 g/mol. The number of amides is 4. The topological polar surface area (TPSA) is 81.8 Å². The summed E-state index contributed by atoms with van der Waals surface area (Å²) < 4.78 is 0. The molecule has 2 heterocycles. The van der Waals surface area contributed by atoms with Gasteiger partial charge in [-0.25, -0.2) is 9.69 Å². The Kier molecular flexibility index (Phi) is 5.55. The van der Waals surface area contributed by atoms with Crippen molar-refractivity contribution >= 4 is 17.8 Å². The van der Waals surface area contributed by atoms with Crippen LogP contribution in [0.25, 0.3) is 0 Å². The summed E-state index contributed by atoms with van der Waals surface area (Å²) in [6, 6.07) is 18.2. The van der Waals surface area contributed by atoms with Crippen LogP contribution >= 0.6 is 0 Å². The number of rotatable bonds is 5. The molecule has 2 aromatic carbocycles. The molecule has 0 bridgehead atoms. The smallest absolute Gasteiger partial charge is 0.326 e. The van der Waals surface area contributed by atoms with Crippen molar-refractivity contribution in [3.8, 4) is 0 Å². The first-order valence-electron chi connectivity index (χ1n) is 10.3. The molecule has 2 aliphatic heterocycles. The van der Waals surface area contributed by atoms with Gasteiger partial charge in [0.15, 0.2) is 0 Å². The van der Waals surface area contributed by atoms with Crippen LogP contribution in [0.2, 0.25) is 0 Å². The Balaban J connectivity index is 1.32. The number of carbonyl (C=O) groups is 3. The number of carbonyl (C=O) groups excluding carboxylic acids is 3. The second-order valence-electron chi connectivity index (χ2n) is 8.03. The molecule has 4 rings (SSSR count). The second kappa shape index (κ2) is 8.28. The first-order chi connectivity index (χ1) is 14.5. The van der Waals surface area contributed by atoms with Crippen LogP contribution < -0.4 is 10.6 Å². The standard InChI is InChI=1S/C23H26N4O3/c1-23(18-10-6-3-7-11-18)21(29)27(22(30)25-23)16-26-14-12-19(13-15-26)24-20(28)17-8-4-2-5-9-17/h2-11,19H,12-16H2,1H3,(H,24,28)(H,25,30)/t23-/m1/s1. The summed E-state index contributed by atoms with van der Waals surface area (Å²) in [5.74, 6) is -0.306. The summed E-state index contributed by atoms with van der Waals surface area (Å²) in [6.07, 6.45) is 1.55. The van der Waals surface area contributed by atoms with Crippen molar-refractivity contribution in [1.29, 1.82) is 0 Å². The molecule has 7 heteroatoms. The maximum absolute atomic E-state index is 13.0. The molecule has 7 nitrogen and oxygen atoms in total. The van der Waals surface area contributed by atoms with Crippen molar-refractivity contribution in [3.05, 3.63) is 71.8 Å². The van der Waals surface area contributed by atoms with Gasteiger partial charge >= 0.3 is 6.03 Å². The molecule has 2 fully saturated rings. The molecule has 0 spiro atoms. The molecule has 2 aliphatic rings. The number of hydrogen-bond donors (Lipinski definition) is 2. The lowest BCUT2D eigenvalue weighted by atomic mass is 9.92. The van der Waals surface area contributed by atoms with Crippen LogP contribution in [0.3, 0.4) is 0 Å². The molecule has 4 amide bonds. The first-order valence-corrected chi connectivity index (χ1v) is 10.3. The summed E-state index contributed by atoms with van der Waals surface area (Å²) in [5.41, 5.74) is 0.382. The monoisotopic (exact) mass is 406 g/mol. The fourth-order valence-electron chi connectivity index (χ4n) is 4.07. The molecule has 2 saturated heterocycles. The second-order valence-corrected chi connectivity index (χ2v) is 8.03. The highest BCUT2D eigenvalue weighted by atomic mass is 16.2. The number of piperidine rings is 1. The largest absolute Gasteiger partial charge is 0.349 e. The van der Waals surface area contributed by atoms with E-state index in [4.69, 9.17) is 0 Å². The minimum Gasteiger partial charge on any atom is -0.349 e. The number of urea groups is 1. The summed E-state index contributed by atoms with van der Waals surface area (Å²) in [6.45, 7) is 3.41. The van der Waals surface area contributed by atoms with Gasteiger partial charge in [0.1, 0.15) is 5.54 Å². The lowest BCUT2D eigenvalue weighted by Gasteiger charge is -2.34. The number of hydrogen-bond acceptors (Lipinski definition) is 4. The fourth-order valence-corrected chi connectivity index (χ4v) is 4.07. The Morgan fingerprint density at radius 2 is 1.63 bits per heavy atom. The Bertz CT molecular complexity index is 926. The highest BCUT2D eigenvalue weighted by Crippen LogP contribution is 2.29. The lowest BCUT2D eigenvalue weighted by molar-refractivity contribution is -0.132. The molecule has 0 saturated carbocycles. The SMILES string of the molecule is C[C@]1(c2ccccc2)NC(=O)N(CN2CCC(NC(=O)c3ccccc3)CC2)C1=O. The van der Waals surface area contributed by atoms with Crippen LogP contribution in [0.15, 0.2) is 60.7 Å². The van der Waals surface area contributed by atoms with Crippen molar-refractivity contribution in [2.75, 3.05) is 19.8 Å². The van der Waals surface area contributed by atoms with Crippen molar-refractivity contribution in [2.24, 2.45) is 0 Å². The number of imide groups is 1. The van der Waals surface area contributed by atoms with Gasteiger partial charge in [-0.3, -0.25) is 14.5 Å². The molecule has 30 heavy (non-hydrogen) atoms. The van der Waals surface area contributed by atoms with Gasteiger partial charge in [-0.05, 0) is 37.5 Å². The zero-order valence-electron chi connectivity index (χ0n) is 17.0. The van der Waals surface area contributed by atoms with Crippen molar-refractivity contribution in [3.63, 3.8) is 0 Å². The molecule has 156 valence electrons. The third-order valence-corrected chi connectivity index (χ3v) is 5.93. The van der Waals surface area contributed by atoms with E-state index in [9.17, 15) is 14.4 Å². The molecule has 0 aromatic heterocycles. The predicted molar refractivity (Wildman–Crippen MR) is 113 cm³/mol. The zero-order valence-corrected chi connectivity index (χ0v) is 17.0. The summed E-state index contributed by atoms with van der Waals surface area (Å²) in [4.78, 5) is 41.3. The fraction of sp³-hybridized carbons (Fsp3) is 0.348. The van der Waals surface area contributed by atoms with E-state index in [-0.39, 0.29) is 30.6 Å². The van der Waals surface area contributed by atoms with Crippen LogP contribution in [-0.4, -0.2) is 53.4 Å². The molecule has 2 aromatic rings. The van der Waals surface area contributed by atoms with E-state index in [0.717, 1.165) is 18.4 Å². The van der Waals surface area contributed by atoms with Crippen molar-refractivity contribution < 1.29 is 14.4 Å². The Hall–Kier alpha value is -3.19. The van der Waals surface area contributed by atoms with Gasteiger partial charge in [0, 0.05) is 24.7 Å². The Morgan fingerprint density at radius 1 is 1.03 bits per heavy atom. The zero-order chi connectivity index (χ0) is 21.1. The van der Waals surface area contributed by atoms with Gasteiger partial charge in [-0.2, -0.15) is 0 Å². The minimum atomic E-state index is -1.04. The molecule has 1 atom stereocenters. The van der Waals surface area contributed by atoms with E-state index in [2.05, 4.69) is 15.5 Å². The van der Waals surface area contributed by atoms with Crippen LogP contribution in [0, 0.1) is 0 Å². The van der Waals surface area contributed by atoms with Gasteiger partial charge < -0.3 is 10.6 Å². The summed E-state index contributed by atoms with van der Waals surface area (Å²) in [5, 5.41) is 5.92. The van der Waals surface area contributed by atoms with Crippen LogP contribution in [-0.2, 0) is 10.3 Å². The Labute approximate surface area is 176 Å². The van der Waals surface area contributed by atoms with E-state index >= 15 is 0 Å². The number of nitrogens with one attached hydrogen (secondary N) is 2. The molecule has 0 aliphatic carbocycles. The number of nitrogens with zero attached hydrogens (tertiary/aromatic N) is 2. The van der Waals surface area contributed by atoms with Gasteiger partial charge in [0.25, 0.3) is 11.8 Å². The highest BCUT2D eigenvalue weighted by molar-refractivity contribution is 6.07. The van der Waals surface area contributed by atoms with Crippen molar-refractivity contribution in [1.82, 2.24) is 20.4 Å². The quantitative estimate of drug-likeness (QED) is 0.747. The van der Waals surface area contributed by atoms with Gasteiger partial charge in [0.2, 0.25) is 0 Å². The Morgan fingerprint density at radius 3 is 2.27 bits per heavy atom. The van der Waals surface area contributed by atoms with Crippen LogP contribution in [0.1, 0.15) is 35.7 Å². The molecule has 2 N–H and O–H groups in total. The van der Waals surface area contributed by atoms with E-state index in [1.54, 1.807) is 19.1 Å². The third-order valence-electron chi connectivity index (χ3n) is 5.93. The van der Waals surface area contributed by atoms with Gasteiger partial charge in [-0.15, -0.1) is 0 Å². The van der Waals surface area contributed by atoms with Gasteiger partial charge in [0.05, 0.1) is 6.67 Å². The summed E-state index contributed by atoms with van der Waals surface area (Å²) in [7, 11) is 0. The van der Waals surface area contributed by atoms with Crippen LogP contribution in [0.4, 0.5) is 4.79 Å². The normalized spacial score (nSPS) is 22.8. The molecular formula is C23H26N4O3. The number of likely N-dealkylation sites (tertiary alicyclic amines) is 1. The van der Waals surface area contributed by atoms with E-state index in [1.165, 1.54) is 4.90 Å². The van der Waals surface area contributed by atoms with Crippen molar-refractivity contribution in [2.45, 2.75) is 31.3 Å². The third kappa shape index (κ3) is 3.93. The van der Waals surface area contributed by atoms with Crippen LogP contribution in [0.5, 0.6) is 0 Å². The minimum absolute atomic E-state index is 0.0678. The maximum Gasteiger partial charge on any atom is 0.326 e. The average Bonchev–Trinajstić information content (AvgIpc) is 3.00.